The molecule has 0 saturated heterocycles. The van der Waals surface area contributed by atoms with Gasteiger partial charge in [-0.15, -0.1) is 0 Å². The molecule has 0 bridgehead atoms. The predicted octanol–water partition coefficient (Wildman–Crippen LogP) is 5.26. The average Bonchev–Trinajstić information content (AvgIpc) is 2.97. The number of benzene rings is 2. The minimum atomic E-state index is -0.256. The summed E-state index contributed by atoms with van der Waals surface area (Å²) in [5.41, 5.74) is 1.46. The zero-order chi connectivity index (χ0) is 18.7. The normalized spacial score (nSPS) is 10.6. The van der Waals surface area contributed by atoms with Gasteiger partial charge in [-0.2, -0.15) is 5.10 Å². The third-order valence-electron chi connectivity index (χ3n) is 3.63. The molecule has 0 aliphatic rings. The van der Waals surface area contributed by atoms with Crippen molar-refractivity contribution in [2.24, 2.45) is 0 Å². The number of carbonyl (C=O) groups excluding carboxylic acids is 1. The number of methoxy groups -OCH3 is 1. The van der Waals surface area contributed by atoms with Gasteiger partial charge in [0, 0.05) is 11.8 Å². The van der Waals surface area contributed by atoms with Gasteiger partial charge in [-0.1, -0.05) is 29.3 Å². The molecule has 0 aliphatic carbocycles. The van der Waals surface area contributed by atoms with Crippen LogP contribution in [0.4, 0.5) is 5.82 Å². The molecule has 26 heavy (non-hydrogen) atoms. The van der Waals surface area contributed by atoms with Crippen molar-refractivity contribution in [2.45, 2.75) is 6.54 Å². The maximum atomic E-state index is 12.4. The van der Waals surface area contributed by atoms with Crippen molar-refractivity contribution in [3.05, 3.63) is 74.3 Å². The van der Waals surface area contributed by atoms with Gasteiger partial charge in [0.2, 0.25) is 0 Å². The lowest BCUT2D eigenvalue weighted by Crippen LogP contribution is -2.13. The van der Waals surface area contributed by atoms with E-state index in [0.29, 0.717) is 38.2 Å². The van der Waals surface area contributed by atoms with Crippen LogP contribution in [0, 0.1) is 0 Å². The highest BCUT2D eigenvalue weighted by Crippen LogP contribution is 2.25. The molecule has 1 amide bonds. The molecule has 1 aromatic heterocycles. The highest BCUT2D eigenvalue weighted by atomic mass is 79.9. The Morgan fingerprint density at radius 3 is 2.58 bits per heavy atom. The Balaban J connectivity index is 1.72. The summed E-state index contributed by atoms with van der Waals surface area (Å²) in [4.78, 5) is 12.4. The van der Waals surface area contributed by atoms with Crippen LogP contribution in [0.15, 0.2) is 53.1 Å². The maximum Gasteiger partial charge on any atom is 0.256 e. The van der Waals surface area contributed by atoms with E-state index < -0.39 is 0 Å². The largest absolute Gasteiger partial charge is 0.497 e. The number of nitrogens with one attached hydrogen (secondary N) is 1. The van der Waals surface area contributed by atoms with Crippen molar-refractivity contribution in [3.8, 4) is 5.75 Å². The molecule has 0 fully saturated rings. The van der Waals surface area contributed by atoms with Crippen LogP contribution in [0.5, 0.6) is 5.75 Å². The molecule has 0 unspecified atom stereocenters. The van der Waals surface area contributed by atoms with Gasteiger partial charge in [0.05, 0.1) is 28.2 Å². The summed E-state index contributed by atoms with van der Waals surface area (Å²) in [6.07, 6.45) is 1.78. The number of hydrogen-bond donors (Lipinski definition) is 1. The van der Waals surface area contributed by atoms with Crippen LogP contribution in [0.25, 0.3) is 0 Å². The van der Waals surface area contributed by atoms with Gasteiger partial charge in [0.15, 0.2) is 5.82 Å². The van der Waals surface area contributed by atoms with Crippen molar-refractivity contribution < 1.29 is 9.53 Å². The van der Waals surface area contributed by atoms with Gasteiger partial charge in [-0.3, -0.25) is 9.48 Å². The zero-order valence-electron chi connectivity index (χ0n) is 13.7. The Morgan fingerprint density at radius 2 is 1.92 bits per heavy atom. The fourth-order valence-electron chi connectivity index (χ4n) is 2.31. The van der Waals surface area contributed by atoms with Gasteiger partial charge in [-0.05, 0) is 57.9 Å². The maximum absolute atomic E-state index is 12.4. The van der Waals surface area contributed by atoms with Gasteiger partial charge in [0.1, 0.15) is 5.75 Å². The van der Waals surface area contributed by atoms with Gasteiger partial charge in [0.25, 0.3) is 5.91 Å². The summed E-state index contributed by atoms with van der Waals surface area (Å²) in [6.45, 7) is 0.494. The minimum Gasteiger partial charge on any atom is -0.497 e. The molecule has 0 saturated carbocycles. The van der Waals surface area contributed by atoms with E-state index >= 15 is 0 Å². The molecule has 3 rings (SSSR count). The molecule has 1 heterocycles. The molecule has 5 nitrogen and oxygen atoms in total. The topological polar surface area (TPSA) is 56.1 Å². The van der Waals surface area contributed by atoms with Crippen molar-refractivity contribution in [1.29, 1.82) is 0 Å². The Morgan fingerprint density at radius 1 is 1.19 bits per heavy atom. The van der Waals surface area contributed by atoms with E-state index in [-0.39, 0.29) is 5.91 Å². The van der Waals surface area contributed by atoms with Crippen LogP contribution in [0.3, 0.4) is 0 Å². The van der Waals surface area contributed by atoms with E-state index in [1.165, 1.54) is 0 Å². The van der Waals surface area contributed by atoms with E-state index in [2.05, 4.69) is 26.3 Å². The van der Waals surface area contributed by atoms with E-state index in [1.807, 2.05) is 6.07 Å². The van der Waals surface area contributed by atoms with Crippen LogP contribution >= 0.6 is 39.1 Å². The number of anilines is 1. The number of ether oxygens (including phenoxy) is 1. The van der Waals surface area contributed by atoms with Crippen LogP contribution in [-0.2, 0) is 6.54 Å². The first-order valence-corrected chi connectivity index (χ1v) is 9.13. The summed E-state index contributed by atoms with van der Waals surface area (Å²) >= 11 is 15.4. The number of halogens is 3. The summed E-state index contributed by atoms with van der Waals surface area (Å²) in [5.74, 6) is 0.868. The molecular weight excluding hydrogens is 441 g/mol. The predicted molar refractivity (Wildman–Crippen MR) is 106 cm³/mol. The first kappa shape index (κ1) is 18.8. The second-order valence-corrected chi connectivity index (χ2v) is 7.12. The average molecular weight is 455 g/mol. The monoisotopic (exact) mass is 453 g/mol. The first-order valence-electron chi connectivity index (χ1n) is 7.58. The Bertz CT molecular complexity index is 942. The molecule has 0 aliphatic heterocycles. The molecule has 134 valence electrons. The third-order valence-corrected chi connectivity index (χ3v) is 4.95. The van der Waals surface area contributed by atoms with E-state index in [9.17, 15) is 4.79 Å². The van der Waals surface area contributed by atoms with Crippen LogP contribution in [0.1, 0.15) is 15.9 Å². The van der Waals surface area contributed by atoms with Gasteiger partial charge < -0.3 is 10.1 Å². The Labute approximate surface area is 169 Å². The number of carbonyl (C=O) groups is 1. The smallest absolute Gasteiger partial charge is 0.256 e. The second kappa shape index (κ2) is 8.12. The number of hydrogen-bond acceptors (Lipinski definition) is 3. The number of aromatic nitrogens is 2. The lowest BCUT2D eigenvalue weighted by Gasteiger charge is -2.05. The standard InChI is InChI=1S/C18H14BrCl2N3O2/c1-26-13-5-3-12(4-6-13)18(25)22-17-14(19)10-24(23-17)9-11-2-7-15(20)16(21)8-11/h2-8,10H,9H2,1H3,(H,22,23,25). The number of rotatable bonds is 5. The molecule has 1 N–H and O–H groups in total. The van der Waals surface area contributed by atoms with Gasteiger partial charge >= 0.3 is 0 Å². The van der Waals surface area contributed by atoms with Crippen molar-refractivity contribution >= 4 is 50.9 Å². The molecule has 0 atom stereocenters. The van der Waals surface area contributed by atoms with Gasteiger partial charge in [-0.25, -0.2) is 0 Å². The minimum absolute atomic E-state index is 0.256. The van der Waals surface area contributed by atoms with Crippen molar-refractivity contribution in [2.75, 3.05) is 12.4 Å². The summed E-state index contributed by atoms with van der Waals surface area (Å²) in [7, 11) is 1.58. The lowest BCUT2D eigenvalue weighted by atomic mass is 10.2. The lowest BCUT2D eigenvalue weighted by molar-refractivity contribution is 0.102. The van der Waals surface area contributed by atoms with Crippen LogP contribution < -0.4 is 10.1 Å². The quantitative estimate of drug-likeness (QED) is 0.571. The number of nitrogens with zero attached hydrogens (tertiary/aromatic N) is 2. The highest BCUT2D eigenvalue weighted by Gasteiger charge is 2.13. The Hall–Kier alpha value is -2.02. The van der Waals surface area contributed by atoms with Crippen molar-refractivity contribution in [1.82, 2.24) is 9.78 Å². The first-order chi connectivity index (χ1) is 12.5. The highest BCUT2D eigenvalue weighted by molar-refractivity contribution is 9.10. The van der Waals surface area contributed by atoms with Crippen molar-refractivity contribution in [3.63, 3.8) is 0 Å². The molecule has 2 aromatic carbocycles. The van der Waals surface area contributed by atoms with Crippen LogP contribution in [-0.4, -0.2) is 22.8 Å². The molecule has 3 aromatic rings. The summed E-state index contributed by atoms with van der Waals surface area (Å²) < 4.78 is 7.47. The summed E-state index contributed by atoms with van der Waals surface area (Å²) in [5, 5.41) is 8.17. The zero-order valence-corrected chi connectivity index (χ0v) is 16.8. The fourth-order valence-corrected chi connectivity index (χ4v) is 3.05. The van der Waals surface area contributed by atoms with E-state index in [0.717, 1.165) is 5.56 Å². The van der Waals surface area contributed by atoms with E-state index in [4.69, 9.17) is 27.9 Å². The second-order valence-electron chi connectivity index (χ2n) is 5.45. The molecular formula is C18H14BrCl2N3O2. The summed E-state index contributed by atoms with van der Waals surface area (Å²) in [6, 6.07) is 12.2. The molecule has 0 spiro atoms. The SMILES string of the molecule is COc1ccc(C(=O)Nc2nn(Cc3ccc(Cl)c(Cl)c3)cc2Br)cc1. The fraction of sp³-hybridized carbons (Fsp3) is 0.111. The number of amides is 1. The van der Waals surface area contributed by atoms with E-state index in [1.54, 1.807) is 54.4 Å². The molecule has 0 radical (unpaired) electrons. The third kappa shape index (κ3) is 4.38. The molecule has 8 heteroatoms. The van der Waals surface area contributed by atoms with Crippen LogP contribution in [0.2, 0.25) is 10.0 Å². The Kier molecular flexibility index (Phi) is 5.86.